The lowest BCUT2D eigenvalue weighted by Crippen LogP contribution is -2.38. The molecule has 144 valence electrons. The summed E-state index contributed by atoms with van der Waals surface area (Å²) in [5, 5.41) is 3.62. The number of nitrogens with zero attached hydrogens (tertiary/aromatic N) is 3. The van der Waals surface area contributed by atoms with Gasteiger partial charge in [-0.25, -0.2) is 9.97 Å². The van der Waals surface area contributed by atoms with E-state index >= 15 is 0 Å². The molecule has 1 N–H and O–H groups in total. The quantitative estimate of drug-likeness (QED) is 0.717. The van der Waals surface area contributed by atoms with Gasteiger partial charge in [-0.15, -0.1) is 0 Å². The van der Waals surface area contributed by atoms with Crippen molar-refractivity contribution in [2.75, 3.05) is 30.4 Å². The highest BCUT2D eigenvalue weighted by Crippen LogP contribution is 2.30. The van der Waals surface area contributed by atoms with E-state index in [1.54, 1.807) is 19.2 Å². The second-order valence-corrected chi connectivity index (χ2v) is 7.24. The Morgan fingerprint density at radius 3 is 2.36 bits per heavy atom. The molecule has 0 bridgehead atoms. The number of carbonyl (C=O) groups excluding carboxylic acids is 1. The lowest BCUT2D eigenvalue weighted by molar-refractivity contribution is -0.120. The van der Waals surface area contributed by atoms with E-state index in [0.29, 0.717) is 10.9 Å². The molecule has 4 rings (SSSR count). The van der Waals surface area contributed by atoms with E-state index in [1.165, 1.54) is 0 Å². The molecule has 2 heterocycles. The van der Waals surface area contributed by atoms with Crippen LogP contribution in [0.2, 0.25) is 5.02 Å². The Hall–Kier alpha value is -2.86. The zero-order valence-electron chi connectivity index (χ0n) is 15.6. The molecule has 3 aromatic rings. The van der Waals surface area contributed by atoms with Crippen molar-refractivity contribution < 1.29 is 9.53 Å². The molecular formula is C21H21ClN4O2. The summed E-state index contributed by atoms with van der Waals surface area (Å²) in [4.78, 5) is 24.0. The van der Waals surface area contributed by atoms with Crippen molar-refractivity contribution in [1.29, 1.82) is 0 Å². The Bertz CT molecular complexity index is 985. The van der Waals surface area contributed by atoms with Crippen LogP contribution in [0.5, 0.6) is 5.88 Å². The maximum Gasteiger partial charge on any atom is 0.257 e. The topological polar surface area (TPSA) is 67.4 Å². The fraction of sp³-hybridized carbons (Fsp3) is 0.286. The predicted molar refractivity (Wildman–Crippen MR) is 111 cm³/mol. The van der Waals surface area contributed by atoms with Gasteiger partial charge in [-0.2, -0.15) is 0 Å². The van der Waals surface area contributed by atoms with Gasteiger partial charge in [-0.1, -0.05) is 23.7 Å². The Kier molecular flexibility index (Phi) is 5.30. The summed E-state index contributed by atoms with van der Waals surface area (Å²) in [5.74, 6) is 1.25. The second-order valence-electron chi connectivity index (χ2n) is 6.80. The minimum Gasteiger partial charge on any atom is -0.478 e. The van der Waals surface area contributed by atoms with Gasteiger partial charge in [0.25, 0.3) is 5.88 Å². The number of ether oxygens (including phenoxy) is 1. The van der Waals surface area contributed by atoms with Gasteiger partial charge in [0.2, 0.25) is 5.91 Å². The summed E-state index contributed by atoms with van der Waals surface area (Å²) in [6.07, 6.45) is 1.49. The number of hydrogen-bond donors (Lipinski definition) is 1. The fourth-order valence-corrected chi connectivity index (χ4v) is 3.57. The number of fused-ring (bicyclic) bond motifs is 1. The molecule has 1 aliphatic rings. The summed E-state index contributed by atoms with van der Waals surface area (Å²) in [7, 11) is 1.61. The monoisotopic (exact) mass is 396 g/mol. The van der Waals surface area contributed by atoms with Crippen molar-refractivity contribution in [3.05, 3.63) is 53.6 Å². The van der Waals surface area contributed by atoms with E-state index in [-0.39, 0.29) is 11.8 Å². The Labute approximate surface area is 168 Å². The molecule has 6 nitrogen and oxygen atoms in total. The molecule has 0 radical (unpaired) electrons. The first-order valence-electron chi connectivity index (χ1n) is 9.26. The van der Waals surface area contributed by atoms with Gasteiger partial charge >= 0.3 is 0 Å². The maximum atomic E-state index is 12.6. The highest BCUT2D eigenvalue weighted by atomic mass is 35.5. The predicted octanol–water partition coefficient (Wildman–Crippen LogP) is 4.15. The average Bonchev–Trinajstić information content (AvgIpc) is 2.74. The van der Waals surface area contributed by atoms with Crippen molar-refractivity contribution in [3.63, 3.8) is 0 Å². The summed E-state index contributed by atoms with van der Waals surface area (Å²) in [6.45, 7) is 1.45. The third-order valence-electron chi connectivity index (χ3n) is 4.99. The van der Waals surface area contributed by atoms with E-state index in [1.807, 2.05) is 36.4 Å². The Balaban J connectivity index is 1.44. The normalized spacial score (nSPS) is 14.9. The molecule has 2 aromatic carbocycles. The largest absolute Gasteiger partial charge is 0.478 e. The van der Waals surface area contributed by atoms with E-state index in [9.17, 15) is 4.79 Å². The van der Waals surface area contributed by atoms with Gasteiger partial charge in [-0.05, 0) is 49.2 Å². The minimum absolute atomic E-state index is 0.0358. The third-order valence-corrected chi connectivity index (χ3v) is 5.24. The lowest BCUT2D eigenvalue weighted by atomic mass is 9.96. The van der Waals surface area contributed by atoms with Crippen LogP contribution in [0.15, 0.2) is 48.5 Å². The van der Waals surface area contributed by atoms with E-state index in [0.717, 1.165) is 48.5 Å². The molecule has 1 fully saturated rings. The van der Waals surface area contributed by atoms with E-state index in [2.05, 4.69) is 15.2 Å². The number of rotatable bonds is 4. The van der Waals surface area contributed by atoms with Gasteiger partial charge in [-0.3, -0.25) is 4.79 Å². The Morgan fingerprint density at radius 2 is 1.71 bits per heavy atom. The lowest BCUT2D eigenvalue weighted by Gasteiger charge is -2.32. The first kappa shape index (κ1) is 18.5. The van der Waals surface area contributed by atoms with E-state index < -0.39 is 0 Å². The minimum atomic E-state index is -0.0358. The number of halogens is 1. The number of methoxy groups -OCH3 is 1. The van der Waals surface area contributed by atoms with Gasteiger partial charge in [0.15, 0.2) is 5.82 Å². The van der Waals surface area contributed by atoms with Gasteiger partial charge in [0.05, 0.1) is 18.1 Å². The molecule has 1 saturated heterocycles. The highest BCUT2D eigenvalue weighted by Gasteiger charge is 2.27. The van der Waals surface area contributed by atoms with Gasteiger partial charge in [0.1, 0.15) is 0 Å². The number of nitrogens with one attached hydrogen (secondary N) is 1. The number of hydrogen-bond acceptors (Lipinski definition) is 5. The fourth-order valence-electron chi connectivity index (χ4n) is 3.45. The third kappa shape index (κ3) is 3.87. The first-order chi connectivity index (χ1) is 13.6. The second kappa shape index (κ2) is 8.02. The smallest absolute Gasteiger partial charge is 0.257 e. The Morgan fingerprint density at radius 1 is 1.07 bits per heavy atom. The molecule has 7 heteroatoms. The maximum absolute atomic E-state index is 12.6. The number of amides is 1. The highest BCUT2D eigenvalue weighted by molar-refractivity contribution is 6.30. The van der Waals surface area contributed by atoms with Crippen molar-refractivity contribution in [2.24, 2.45) is 5.92 Å². The molecule has 0 aliphatic carbocycles. The van der Waals surface area contributed by atoms with Gasteiger partial charge < -0.3 is 15.0 Å². The number of aromatic nitrogens is 2. The van der Waals surface area contributed by atoms with Gasteiger partial charge in [0, 0.05) is 29.7 Å². The molecule has 1 aromatic heterocycles. The van der Waals surface area contributed by atoms with Crippen molar-refractivity contribution in [2.45, 2.75) is 12.8 Å². The van der Waals surface area contributed by atoms with Crippen molar-refractivity contribution >= 4 is 40.0 Å². The first-order valence-corrected chi connectivity index (χ1v) is 9.64. The molecule has 1 amide bonds. The molecule has 0 spiro atoms. The number of benzene rings is 2. The van der Waals surface area contributed by atoms with Crippen LogP contribution in [0, 0.1) is 5.92 Å². The van der Waals surface area contributed by atoms with Crippen LogP contribution in [-0.2, 0) is 4.79 Å². The summed E-state index contributed by atoms with van der Waals surface area (Å²) in [6, 6.07) is 14.9. The number of anilines is 2. The van der Waals surface area contributed by atoms with Crippen LogP contribution < -0.4 is 15.0 Å². The van der Waals surface area contributed by atoms with Crippen LogP contribution in [0.3, 0.4) is 0 Å². The van der Waals surface area contributed by atoms with Crippen LogP contribution in [0.4, 0.5) is 11.5 Å². The molecule has 0 atom stereocenters. The standard InChI is InChI=1S/C21H21ClN4O2/c1-28-21-19(24-17-4-2-3-5-18(17)25-21)26-12-10-14(11-13-26)20(27)23-16-8-6-15(22)7-9-16/h2-9,14H,10-13H2,1H3,(H,23,27). The summed E-state index contributed by atoms with van der Waals surface area (Å²) < 4.78 is 5.46. The summed E-state index contributed by atoms with van der Waals surface area (Å²) in [5.41, 5.74) is 2.40. The zero-order valence-corrected chi connectivity index (χ0v) is 16.3. The number of carbonyl (C=O) groups is 1. The number of para-hydroxylation sites is 2. The van der Waals surface area contributed by atoms with Crippen molar-refractivity contribution in [3.8, 4) is 5.88 Å². The van der Waals surface area contributed by atoms with Crippen LogP contribution >= 0.6 is 11.6 Å². The van der Waals surface area contributed by atoms with Crippen LogP contribution in [-0.4, -0.2) is 36.1 Å². The summed E-state index contributed by atoms with van der Waals surface area (Å²) >= 11 is 5.89. The molecule has 28 heavy (non-hydrogen) atoms. The van der Waals surface area contributed by atoms with Crippen LogP contribution in [0.25, 0.3) is 11.0 Å². The molecular weight excluding hydrogens is 376 g/mol. The van der Waals surface area contributed by atoms with Crippen LogP contribution in [0.1, 0.15) is 12.8 Å². The molecule has 1 aliphatic heterocycles. The zero-order chi connectivity index (χ0) is 19.5. The molecule has 0 saturated carbocycles. The SMILES string of the molecule is COc1nc2ccccc2nc1N1CCC(C(=O)Nc2ccc(Cl)cc2)CC1. The number of piperidine rings is 1. The van der Waals surface area contributed by atoms with E-state index in [4.69, 9.17) is 21.3 Å². The van der Waals surface area contributed by atoms with Crippen molar-refractivity contribution in [1.82, 2.24) is 9.97 Å². The molecule has 0 unspecified atom stereocenters. The average molecular weight is 397 g/mol.